The molecule has 0 saturated carbocycles. The molecule has 1 amide bonds. The maximum atomic E-state index is 12.7. The molecule has 0 radical (unpaired) electrons. The number of benzene rings is 1. The normalized spacial score (nSPS) is 20.1. The SMILES string of the molecule is C/C=C/C(CC1CCN(Cc2ccc(C)cc2C)C1=O)N=PN. The van der Waals surface area contributed by atoms with E-state index in [4.69, 9.17) is 5.50 Å². The third kappa shape index (κ3) is 4.73. The number of likely N-dealkylation sites (tertiary alicyclic amines) is 1. The first kappa shape index (κ1) is 17.8. The first-order chi connectivity index (χ1) is 11.0. The van der Waals surface area contributed by atoms with Crippen LogP contribution in [0.5, 0.6) is 0 Å². The lowest BCUT2D eigenvalue weighted by Crippen LogP contribution is -2.28. The summed E-state index contributed by atoms with van der Waals surface area (Å²) in [5, 5.41) is 0. The van der Waals surface area contributed by atoms with Gasteiger partial charge in [0.25, 0.3) is 0 Å². The summed E-state index contributed by atoms with van der Waals surface area (Å²) < 4.78 is 4.34. The number of nitrogens with two attached hydrogens (primary N) is 1. The van der Waals surface area contributed by atoms with Crippen molar-refractivity contribution >= 4 is 14.4 Å². The molecule has 23 heavy (non-hydrogen) atoms. The molecule has 1 aromatic rings. The van der Waals surface area contributed by atoms with E-state index in [2.05, 4.69) is 36.8 Å². The molecular weight excluding hydrogens is 305 g/mol. The summed E-state index contributed by atoms with van der Waals surface area (Å²) in [4.78, 5) is 14.6. The summed E-state index contributed by atoms with van der Waals surface area (Å²) in [6.45, 7) is 7.72. The Morgan fingerprint density at radius 2 is 2.26 bits per heavy atom. The van der Waals surface area contributed by atoms with Gasteiger partial charge in [0.15, 0.2) is 0 Å². The zero-order valence-corrected chi connectivity index (χ0v) is 15.1. The van der Waals surface area contributed by atoms with E-state index in [0.29, 0.717) is 15.1 Å². The second kappa shape index (κ2) is 8.37. The fourth-order valence-corrected chi connectivity index (χ4v) is 3.51. The third-order valence-corrected chi connectivity index (χ3v) is 4.85. The third-order valence-electron chi connectivity index (χ3n) is 4.42. The van der Waals surface area contributed by atoms with Crippen molar-refractivity contribution in [3.63, 3.8) is 0 Å². The van der Waals surface area contributed by atoms with Crippen LogP contribution in [0.3, 0.4) is 0 Å². The minimum Gasteiger partial charge on any atom is -0.338 e. The highest BCUT2D eigenvalue weighted by atomic mass is 31.1. The number of amides is 1. The summed E-state index contributed by atoms with van der Waals surface area (Å²) >= 11 is 0. The van der Waals surface area contributed by atoms with E-state index in [1.807, 2.05) is 24.0 Å². The second-order valence-corrected chi connectivity index (χ2v) is 6.70. The lowest BCUT2D eigenvalue weighted by molar-refractivity contribution is -0.131. The van der Waals surface area contributed by atoms with Crippen LogP contribution in [0.4, 0.5) is 0 Å². The van der Waals surface area contributed by atoms with E-state index < -0.39 is 0 Å². The molecular formula is C18H26N3OP. The van der Waals surface area contributed by atoms with Crippen LogP contribution in [-0.4, -0.2) is 23.4 Å². The van der Waals surface area contributed by atoms with Gasteiger partial charge in [0.05, 0.1) is 14.6 Å². The molecule has 0 bridgehead atoms. The predicted molar refractivity (Wildman–Crippen MR) is 96.2 cm³/mol. The summed E-state index contributed by atoms with van der Waals surface area (Å²) in [5.41, 5.74) is 9.25. The summed E-state index contributed by atoms with van der Waals surface area (Å²) in [6, 6.07) is 6.47. The van der Waals surface area contributed by atoms with Crippen molar-refractivity contribution in [2.24, 2.45) is 16.2 Å². The van der Waals surface area contributed by atoms with Crippen molar-refractivity contribution in [2.75, 3.05) is 6.54 Å². The van der Waals surface area contributed by atoms with Crippen LogP contribution >= 0.6 is 8.52 Å². The Hall–Kier alpha value is -1.51. The van der Waals surface area contributed by atoms with Crippen LogP contribution in [0.2, 0.25) is 0 Å². The van der Waals surface area contributed by atoms with Gasteiger partial charge in [-0.2, -0.15) is 0 Å². The lowest BCUT2D eigenvalue weighted by Gasteiger charge is -2.19. The standard InChI is InChI=1S/C18H26N3OP/c1-4-5-17(20-23-19)11-15-8-9-21(18(15)22)12-16-7-6-13(2)10-14(16)3/h4-7,10,15,17H,8-9,11-12H2,1-3H3,(H2,19,20)/b5-4+. The number of carbonyl (C=O) groups excluding carboxylic acids is 1. The predicted octanol–water partition coefficient (Wildman–Crippen LogP) is 3.99. The van der Waals surface area contributed by atoms with Gasteiger partial charge in [0, 0.05) is 19.0 Å². The fourth-order valence-electron chi connectivity index (χ4n) is 3.17. The van der Waals surface area contributed by atoms with E-state index in [0.717, 1.165) is 19.4 Å². The van der Waals surface area contributed by atoms with Crippen LogP contribution in [-0.2, 0) is 11.3 Å². The molecule has 2 unspecified atom stereocenters. The maximum Gasteiger partial charge on any atom is 0.226 e. The van der Waals surface area contributed by atoms with Crippen LogP contribution in [0, 0.1) is 19.8 Å². The van der Waals surface area contributed by atoms with Crippen LogP contribution in [0.15, 0.2) is 35.1 Å². The highest BCUT2D eigenvalue weighted by molar-refractivity contribution is 7.23. The highest BCUT2D eigenvalue weighted by Crippen LogP contribution is 2.27. The summed E-state index contributed by atoms with van der Waals surface area (Å²) in [7, 11) is 0.535. The summed E-state index contributed by atoms with van der Waals surface area (Å²) in [6.07, 6.45) is 5.68. The van der Waals surface area contributed by atoms with E-state index >= 15 is 0 Å². The molecule has 1 aromatic carbocycles. The average Bonchev–Trinajstić information content (AvgIpc) is 2.84. The van der Waals surface area contributed by atoms with Gasteiger partial charge in [0.1, 0.15) is 0 Å². The molecule has 1 heterocycles. The number of carbonyl (C=O) groups is 1. The van der Waals surface area contributed by atoms with Gasteiger partial charge in [-0.25, -0.2) is 4.74 Å². The molecule has 1 fully saturated rings. The number of aryl methyl sites for hydroxylation is 2. The summed E-state index contributed by atoms with van der Waals surface area (Å²) in [5.74, 6) is 0.316. The molecule has 2 atom stereocenters. The molecule has 1 aliphatic heterocycles. The van der Waals surface area contributed by atoms with Gasteiger partial charge in [-0.05, 0) is 44.7 Å². The first-order valence-electron chi connectivity index (χ1n) is 8.13. The molecule has 124 valence electrons. The van der Waals surface area contributed by atoms with Crippen molar-refractivity contribution in [3.8, 4) is 0 Å². The number of hydrogen-bond acceptors (Lipinski definition) is 2. The van der Waals surface area contributed by atoms with E-state index in [1.165, 1.54) is 16.7 Å². The lowest BCUT2D eigenvalue weighted by atomic mass is 9.98. The Morgan fingerprint density at radius 3 is 2.91 bits per heavy atom. The van der Waals surface area contributed by atoms with Crippen LogP contribution in [0.25, 0.3) is 0 Å². The Balaban J connectivity index is 2.01. The smallest absolute Gasteiger partial charge is 0.226 e. The van der Waals surface area contributed by atoms with Crippen LogP contribution < -0.4 is 5.50 Å². The van der Waals surface area contributed by atoms with Gasteiger partial charge in [-0.15, -0.1) is 0 Å². The van der Waals surface area contributed by atoms with Crippen molar-refractivity contribution in [3.05, 3.63) is 47.0 Å². The first-order valence-corrected chi connectivity index (χ1v) is 9.04. The van der Waals surface area contributed by atoms with E-state index in [-0.39, 0.29) is 17.9 Å². The molecule has 1 aliphatic rings. The molecule has 4 nitrogen and oxygen atoms in total. The number of rotatable bonds is 6. The molecule has 2 rings (SSSR count). The van der Waals surface area contributed by atoms with E-state index in [9.17, 15) is 4.79 Å². The van der Waals surface area contributed by atoms with Crippen molar-refractivity contribution in [1.82, 2.24) is 4.90 Å². The fraction of sp³-hybridized carbons (Fsp3) is 0.500. The minimum absolute atomic E-state index is 0.0432. The van der Waals surface area contributed by atoms with Gasteiger partial charge in [-0.3, -0.25) is 10.3 Å². The highest BCUT2D eigenvalue weighted by Gasteiger charge is 2.32. The molecule has 1 saturated heterocycles. The Bertz CT molecular complexity index is 600. The molecule has 5 heteroatoms. The van der Waals surface area contributed by atoms with Gasteiger partial charge < -0.3 is 4.90 Å². The number of nitrogens with zero attached hydrogens (tertiary/aromatic N) is 2. The van der Waals surface area contributed by atoms with Gasteiger partial charge in [-0.1, -0.05) is 35.9 Å². The monoisotopic (exact) mass is 331 g/mol. The average molecular weight is 331 g/mol. The van der Waals surface area contributed by atoms with Crippen molar-refractivity contribution in [2.45, 2.75) is 46.2 Å². The molecule has 0 aliphatic carbocycles. The van der Waals surface area contributed by atoms with Gasteiger partial charge >= 0.3 is 0 Å². The Morgan fingerprint density at radius 1 is 1.48 bits per heavy atom. The molecule has 0 spiro atoms. The topological polar surface area (TPSA) is 58.7 Å². The zero-order chi connectivity index (χ0) is 16.8. The van der Waals surface area contributed by atoms with E-state index in [1.54, 1.807) is 0 Å². The largest absolute Gasteiger partial charge is 0.338 e. The number of hydrogen-bond donors (Lipinski definition) is 1. The molecule has 2 N–H and O–H groups in total. The quantitative estimate of drug-likeness (QED) is 0.633. The maximum absolute atomic E-state index is 12.7. The number of allylic oxidation sites excluding steroid dienone is 1. The zero-order valence-electron chi connectivity index (χ0n) is 14.2. The van der Waals surface area contributed by atoms with Crippen molar-refractivity contribution in [1.29, 1.82) is 0 Å². The van der Waals surface area contributed by atoms with Gasteiger partial charge in [0.2, 0.25) is 5.91 Å². The van der Waals surface area contributed by atoms with Crippen LogP contribution in [0.1, 0.15) is 36.5 Å². The van der Waals surface area contributed by atoms with Crippen molar-refractivity contribution < 1.29 is 4.79 Å². The second-order valence-electron chi connectivity index (χ2n) is 6.24. The Labute approximate surface area is 140 Å². The molecule has 0 aromatic heterocycles. The minimum atomic E-state index is 0.0432. The Kier molecular flexibility index (Phi) is 6.49.